The number of nitrogens with zero attached hydrogens (tertiary/aromatic N) is 1. The number of benzene rings is 1. The zero-order valence-electron chi connectivity index (χ0n) is 6.24. The van der Waals surface area contributed by atoms with Gasteiger partial charge in [-0.2, -0.15) is 4.91 Å². The van der Waals surface area contributed by atoms with E-state index in [2.05, 4.69) is 5.18 Å². The van der Waals surface area contributed by atoms with Gasteiger partial charge in [-0.3, -0.25) is 0 Å². The molecule has 0 spiro atoms. The van der Waals surface area contributed by atoms with E-state index in [1.807, 2.05) is 6.92 Å². The third kappa shape index (κ3) is 1.77. The summed E-state index contributed by atoms with van der Waals surface area (Å²) in [5.74, 6) is 0.134. The lowest BCUT2D eigenvalue weighted by Gasteiger charge is -1.99. The monoisotopic (exact) mass is 151 g/mol. The SMILES string of the molecule is Cc1ccc(O)c(CN=O)c1. The first kappa shape index (κ1) is 7.72. The first-order valence-corrected chi connectivity index (χ1v) is 3.31. The van der Waals surface area contributed by atoms with E-state index in [0.717, 1.165) is 5.56 Å². The number of aromatic hydroxyl groups is 1. The molecule has 0 aliphatic heterocycles. The van der Waals surface area contributed by atoms with E-state index in [-0.39, 0.29) is 12.3 Å². The summed E-state index contributed by atoms with van der Waals surface area (Å²) in [6.45, 7) is 1.93. The number of aryl methyl sites for hydroxylation is 1. The molecule has 0 aromatic heterocycles. The normalized spacial score (nSPS) is 9.55. The minimum atomic E-state index is 0.0352. The number of hydrogen-bond donors (Lipinski definition) is 1. The summed E-state index contributed by atoms with van der Waals surface area (Å²) in [6, 6.07) is 5.09. The van der Waals surface area contributed by atoms with Gasteiger partial charge in [0.15, 0.2) is 0 Å². The average Bonchev–Trinajstić information content (AvgIpc) is 1.98. The Morgan fingerprint density at radius 3 is 2.91 bits per heavy atom. The second-order valence-corrected chi connectivity index (χ2v) is 2.42. The van der Waals surface area contributed by atoms with Crippen molar-refractivity contribution in [3.05, 3.63) is 34.2 Å². The first-order chi connectivity index (χ1) is 5.24. The van der Waals surface area contributed by atoms with Crippen molar-refractivity contribution in [2.75, 3.05) is 0 Å². The Morgan fingerprint density at radius 1 is 1.55 bits per heavy atom. The fourth-order valence-electron chi connectivity index (χ4n) is 0.910. The van der Waals surface area contributed by atoms with E-state index in [1.54, 1.807) is 18.2 Å². The highest BCUT2D eigenvalue weighted by atomic mass is 16.3. The van der Waals surface area contributed by atoms with Crippen LogP contribution in [0.1, 0.15) is 11.1 Å². The molecule has 0 heterocycles. The van der Waals surface area contributed by atoms with Crippen LogP contribution >= 0.6 is 0 Å². The Balaban J connectivity index is 3.01. The molecule has 0 atom stereocenters. The smallest absolute Gasteiger partial charge is 0.120 e. The fraction of sp³-hybridized carbons (Fsp3) is 0.250. The van der Waals surface area contributed by atoms with Crippen molar-refractivity contribution >= 4 is 0 Å². The van der Waals surface area contributed by atoms with Crippen LogP contribution in [0.2, 0.25) is 0 Å². The predicted molar refractivity (Wildman–Crippen MR) is 42.3 cm³/mol. The predicted octanol–water partition coefficient (Wildman–Crippen LogP) is 1.97. The highest BCUT2D eigenvalue weighted by Crippen LogP contribution is 2.18. The molecule has 11 heavy (non-hydrogen) atoms. The minimum Gasteiger partial charge on any atom is -0.508 e. The Kier molecular flexibility index (Phi) is 2.21. The van der Waals surface area contributed by atoms with Crippen molar-refractivity contribution in [1.29, 1.82) is 0 Å². The molecule has 0 saturated carbocycles. The summed E-state index contributed by atoms with van der Waals surface area (Å²) in [5, 5.41) is 11.9. The summed E-state index contributed by atoms with van der Waals surface area (Å²) < 4.78 is 0. The third-order valence-corrected chi connectivity index (χ3v) is 1.47. The van der Waals surface area contributed by atoms with Crippen LogP contribution in [-0.2, 0) is 6.54 Å². The summed E-state index contributed by atoms with van der Waals surface area (Å²) in [7, 11) is 0. The van der Waals surface area contributed by atoms with E-state index in [0.29, 0.717) is 5.56 Å². The van der Waals surface area contributed by atoms with E-state index < -0.39 is 0 Å². The third-order valence-electron chi connectivity index (χ3n) is 1.47. The number of phenols is 1. The molecular formula is C8H9NO2. The van der Waals surface area contributed by atoms with Gasteiger partial charge in [-0.25, -0.2) is 0 Å². The number of hydrogen-bond acceptors (Lipinski definition) is 3. The van der Waals surface area contributed by atoms with Crippen LogP contribution in [0.3, 0.4) is 0 Å². The molecule has 0 saturated heterocycles. The van der Waals surface area contributed by atoms with Gasteiger partial charge in [-0.05, 0) is 13.0 Å². The lowest BCUT2D eigenvalue weighted by atomic mass is 10.1. The van der Waals surface area contributed by atoms with Crippen LogP contribution in [0.5, 0.6) is 5.75 Å². The van der Waals surface area contributed by atoms with Gasteiger partial charge in [-0.1, -0.05) is 22.9 Å². The molecule has 1 rings (SSSR count). The first-order valence-electron chi connectivity index (χ1n) is 3.31. The van der Waals surface area contributed by atoms with Crippen molar-refractivity contribution in [3.63, 3.8) is 0 Å². The molecule has 0 unspecified atom stereocenters. The molecule has 1 aromatic carbocycles. The van der Waals surface area contributed by atoms with Gasteiger partial charge in [0, 0.05) is 5.56 Å². The van der Waals surface area contributed by atoms with Crippen molar-refractivity contribution in [3.8, 4) is 5.75 Å². The maximum Gasteiger partial charge on any atom is 0.120 e. The van der Waals surface area contributed by atoms with Crippen molar-refractivity contribution in [1.82, 2.24) is 0 Å². The van der Waals surface area contributed by atoms with Gasteiger partial charge in [-0.15, -0.1) is 0 Å². The molecule has 0 bridgehead atoms. The second-order valence-electron chi connectivity index (χ2n) is 2.42. The van der Waals surface area contributed by atoms with Gasteiger partial charge in [0.1, 0.15) is 12.3 Å². The van der Waals surface area contributed by atoms with Crippen molar-refractivity contribution < 1.29 is 5.11 Å². The number of rotatable bonds is 2. The summed E-state index contributed by atoms with van der Waals surface area (Å²) >= 11 is 0. The van der Waals surface area contributed by atoms with Gasteiger partial charge in [0.25, 0.3) is 0 Å². The lowest BCUT2D eigenvalue weighted by Crippen LogP contribution is -1.82. The molecule has 3 nitrogen and oxygen atoms in total. The average molecular weight is 151 g/mol. The zero-order chi connectivity index (χ0) is 8.27. The molecule has 0 aliphatic rings. The molecule has 0 amide bonds. The summed E-state index contributed by atoms with van der Waals surface area (Å²) in [6.07, 6.45) is 0. The highest BCUT2D eigenvalue weighted by Gasteiger charge is 1.99. The molecule has 0 fully saturated rings. The molecule has 58 valence electrons. The van der Waals surface area contributed by atoms with Gasteiger partial charge in [0.05, 0.1) is 0 Å². The standard InChI is InChI=1S/C8H9NO2/c1-6-2-3-8(10)7(4-6)5-9-11/h2-4,10H,5H2,1H3. The summed E-state index contributed by atoms with van der Waals surface area (Å²) in [4.78, 5) is 9.88. The zero-order valence-corrected chi connectivity index (χ0v) is 6.24. The molecular weight excluding hydrogens is 142 g/mol. The molecule has 0 radical (unpaired) electrons. The maximum absolute atomic E-state index is 9.88. The van der Waals surface area contributed by atoms with Crippen LogP contribution in [0.25, 0.3) is 0 Å². The minimum absolute atomic E-state index is 0.0352. The Hall–Kier alpha value is -1.38. The van der Waals surface area contributed by atoms with E-state index in [4.69, 9.17) is 5.11 Å². The van der Waals surface area contributed by atoms with Crippen LogP contribution in [-0.4, -0.2) is 5.11 Å². The van der Waals surface area contributed by atoms with Crippen LogP contribution in [0.15, 0.2) is 23.4 Å². The second kappa shape index (κ2) is 3.14. The van der Waals surface area contributed by atoms with Gasteiger partial charge < -0.3 is 5.11 Å². The van der Waals surface area contributed by atoms with Crippen LogP contribution < -0.4 is 0 Å². The molecule has 1 N–H and O–H groups in total. The largest absolute Gasteiger partial charge is 0.508 e. The summed E-state index contributed by atoms with van der Waals surface area (Å²) in [5.41, 5.74) is 1.60. The Bertz CT molecular complexity index is 271. The van der Waals surface area contributed by atoms with Gasteiger partial charge >= 0.3 is 0 Å². The van der Waals surface area contributed by atoms with E-state index >= 15 is 0 Å². The Labute approximate surface area is 64.7 Å². The quantitative estimate of drug-likeness (QED) is 0.657. The fourth-order valence-corrected chi connectivity index (χ4v) is 0.910. The van der Waals surface area contributed by atoms with E-state index in [1.165, 1.54) is 0 Å². The molecule has 1 aromatic rings. The maximum atomic E-state index is 9.88. The van der Waals surface area contributed by atoms with E-state index in [9.17, 15) is 4.91 Å². The van der Waals surface area contributed by atoms with Crippen LogP contribution in [0.4, 0.5) is 0 Å². The Morgan fingerprint density at radius 2 is 2.27 bits per heavy atom. The molecule has 3 heteroatoms. The topological polar surface area (TPSA) is 49.7 Å². The number of nitroso groups, excluding NO2 is 1. The highest BCUT2D eigenvalue weighted by molar-refractivity contribution is 5.35. The molecule has 0 aliphatic carbocycles. The van der Waals surface area contributed by atoms with Gasteiger partial charge in [0.2, 0.25) is 0 Å². The van der Waals surface area contributed by atoms with Crippen LogP contribution in [0, 0.1) is 11.8 Å². The van der Waals surface area contributed by atoms with Crippen molar-refractivity contribution in [2.24, 2.45) is 5.18 Å². The number of phenolic OH excluding ortho intramolecular Hbond substituents is 1. The lowest BCUT2D eigenvalue weighted by molar-refractivity contribution is 0.468. The van der Waals surface area contributed by atoms with Crippen molar-refractivity contribution in [2.45, 2.75) is 13.5 Å².